The number of nitrogens with zero attached hydrogens (tertiary/aromatic N) is 4. The number of rotatable bonds is 5. The average Bonchev–Trinajstić information content (AvgIpc) is 3.29. The number of thiocarbonyl (C=S) groups is 1. The second kappa shape index (κ2) is 7.05. The van der Waals surface area contributed by atoms with E-state index in [1.54, 1.807) is 16.9 Å². The van der Waals surface area contributed by atoms with E-state index in [1.807, 2.05) is 41.2 Å². The fraction of sp³-hybridized carbons (Fsp3) is 0.125. The minimum atomic E-state index is 0.315. The predicted octanol–water partition coefficient (Wildman–Crippen LogP) is 1.89. The van der Waals surface area contributed by atoms with Gasteiger partial charge in [-0.1, -0.05) is 5.21 Å². The molecule has 0 spiro atoms. The monoisotopic (exact) mass is 341 g/mol. The van der Waals surface area contributed by atoms with Gasteiger partial charge in [0.2, 0.25) is 0 Å². The summed E-state index contributed by atoms with van der Waals surface area (Å²) in [4.78, 5) is 10.8. The van der Waals surface area contributed by atoms with Crippen LogP contribution >= 0.6 is 12.2 Å². The highest BCUT2D eigenvalue weighted by atomic mass is 32.1. The topological polar surface area (TPSA) is 74.0 Å². The third kappa shape index (κ3) is 3.49. The summed E-state index contributed by atoms with van der Waals surface area (Å²) in [5.41, 5.74) is 3.23. The molecular formula is C16H15N5O2S. The molecule has 7 nitrogen and oxygen atoms in total. The van der Waals surface area contributed by atoms with Gasteiger partial charge in [-0.3, -0.25) is 4.79 Å². The number of carbonyl (C=O) groups excluding carboxylic acids is 1. The maximum atomic E-state index is 10.8. The standard InChI is InChI=1S/C16H15N5O2S/c1-23-16(24)17-8-13-10-21(19-18-13)15-4-2-14(3-5-15)20-7-6-12(9-20)11-22/h2-7,9-11H,8H2,1H3,(H,17,24). The third-order valence-electron chi connectivity index (χ3n) is 3.40. The summed E-state index contributed by atoms with van der Waals surface area (Å²) in [5, 5.41) is 11.4. The molecule has 122 valence electrons. The first kappa shape index (κ1) is 15.9. The van der Waals surface area contributed by atoms with Crippen molar-refractivity contribution >= 4 is 23.7 Å². The van der Waals surface area contributed by atoms with Crippen molar-refractivity contribution in [3.63, 3.8) is 0 Å². The molecule has 8 heteroatoms. The number of nitrogens with one attached hydrogen (secondary N) is 1. The fourth-order valence-electron chi connectivity index (χ4n) is 2.16. The zero-order valence-electron chi connectivity index (χ0n) is 12.9. The molecule has 0 amide bonds. The molecule has 0 atom stereocenters. The minimum Gasteiger partial charge on any atom is -0.474 e. The first-order valence-corrected chi connectivity index (χ1v) is 7.57. The minimum absolute atomic E-state index is 0.315. The van der Waals surface area contributed by atoms with Gasteiger partial charge in [0.15, 0.2) is 6.29 Å². The SMILES string of the molecule is COC(=S)NCc1cn(-c2ccc(-n3ccc(C=O)c3)cc2)nn1. The summed E-state index contributed by atoms with van der Waals surface area (Å²) in [6.07, 6.45) is 6.27. The largest absolute Gasteiger partial charge is 0.474 e. The van der Waals surface area contributed by atoms with Crippen molar-refractivity contribution in [1.29, 1.82) is 0 Å². The number of hydrogen-bond acceptors (Lipinski definition) is 5. The second-order valence-corrected chi connectivity index (χ2v) is 5.36. The Labute approximate surface area is 143 Å². The number of aromatic nitrogens is 4. The maximum absolute atomic E-state index is 10.8. The van der Waals surface area contributed by atoms with Gasteiger partial charge in [-0.25, -0.2) is 4.68 Å². The Balaban J connectivity index is 1.72. The summed E-state index contributed by atoms with van der Waals surface area (Å²) in [6.45, 7) is 0.447. The van der Waals surface area contributed by atoms with Crippen molar-refractivity contribution in [2.45, 2.75) is 6.54 Å². The van der Waals surface area contributed by atoms with Gasteiger partial charge in [-0.2, -0.15) is 0 Å². The number of ether oxygens (including phenoxy) is 1. The average molecular weight is 341 g/mol. The van der Waals surface area contributed by atoms with E-state index < -0.39 is 0 Å². The highest BCUT2D eigenvalue weighted by Gasteiger charge is 2.05. The molecule has 0 aliphatic heterocycles. The number of hydrogen-bond donors (Lipinski definition) is 1. The highest BCUT2D eigenvalue weighted by Crippen LogP contribution is 2.14. The molecule has 1 N–H and O–H groups in total. The molecule has 3 aromatic rings. The van der Waals surface area contributed by atoms with Crippen molar-refractivity contribution in [2.75, 3.05) is 7.11 Å². The molecule has 1 aromatic carbocycles. The number of methoxy groups -OCH3 is 1. The van der Waals surface area contributed by atoms with E-state index in [9.17, 15) is 4.79 Å². The number of aldehydes is 1. The molecule has 0 fully saturated rings. The van der Waals surface area contributed by atoms with Crippen molar-refractivity contribution < 1.29 is 9.53 Å². The zero-order valence-corrected chi connectivity index (χ0v) is 13.7. The van der Waals surface area contributed by atoms with Gasteiger partial charge in [0.1, 0.15) is 5.69 Å². The molecule has 0 saturated heterocycles. The Hall–Kier alpha value is -3.00. The van der Waals surface area contributed by atoms with Crippen LogP contribution in [0.2, 0.25) is 0 Å². The molecule has 0 unspecified atom stereocenters. The Morgan fingerprint density at radius 3 is 2.67 bits per heavy atom. The molecular weight excluding hydrogens is 326 g/mol. The van der Waals surface area contributed by atoms with Crippen LogP contribution in [0.3, 0.4) is 0 Å². The van der Waals surface area contributed by atoms with Gasteiger partial charge >= 0.3 is 0 Å². The molecule has 0 aliphatic carbocycles. The van der Waals surface area contributed by atoms with Crippen molar-refractivity contribution in [2.24, 2.45) is 0 Å². The Morgan fingerprint density at radius 1 is 1.25 bits per heavy atom. The zero-order chi connectivity index (χ0) is 16.9. The van der Waals surface area contributed by atoms with E-state index >= 15 is 0 Å². The van der Waals surface area contributed by atoms with E-state index in [-0.39, 0.29) is 0 Å². The molecule has 2 aromatic heterocycles. The van der Waals surface area contributed by atoms with Crippen LogP contribution in [0.5, 0.6) is 0 Å². The predicted molar refractivity (Wildman–Crippen MR) is 92.5 cm³/mol. The van der Waals surface area contributed by atoms with Crippen LogP contribution in [0.15, 0.2) is 48.9 Å². The summed E-state index contributed by atoms with van der Waals surface area (Å²) in [7, 11) is 1.51. The van der Waals surface area contributed by atoms with E-state index in [0.717, 1.165) is 23.4 Å². The van der Waals surface area contributed by atoms with Crippen LogP contribution in [-0.4, -0.2) is 38.1 Å². The van der Waals surface area contributed by atoms with Gasteiger partial charge in [0.05, 0.1) is 25.5 Å². The maximum Gasteiger partial charge on any atom is 0.256 e. The van der Waals surface area contributed by atoms with Crippen LogP contribution in [0, 0.1) is 0 Å². The van der Waals surface area contributed by atoms with E-state index in [2.05, 4.69) is 15.6 Å². The number of carbonyl (C=O) groups is 1. The van der Waals surface area contributed by atoms with Crippen molar-refractivity contribution in [3.8, 4) is 11.4 Å². The van der Waals surface area contributed by atoms with E-state index in [4.69, 9.17) is 17.0 Å². The van der Waals surface area contributed by atoms with Crippen LogP contribution in [0.4, 0.5) is 0 Å². The van der Waals surface area contributed by atoms with Crippen molar-refractivity contribution in [1.82, 2.24) is 24.9 Å². The quantitative estimate of drug-likeness (QED) is 0.564. The van der Waals surface area contributed by atoms with Crippen LogP contribution < -0.4 is 5.32 Å². The van der Waals surface area contributed by atoms with E-state index in [1.165, 1.54) is 7.11 Å². The molecule has 2 heterocycles. The summed E-state index contributed by atoms with van der Waals surface area (Å²) in [6, 6.07) is 9.53. The van der Waals surface area contributed by atoms with Crippen molar-refractivity contribution in [3.05, 3.63) is 60.2 Å². The van der Waals surface area contributed by atoms with Gasteiger partial charge in [0, 0.05) is 23.6 Å². The van der Waals surface area contributed by atoms with Crippen LogP contribution in [0.25, 0.3) is 11.4 Å². The Kier molecular flexibility index (Phi) is 4.66. The molecule has 24 heavy (non-hydrogen) atoms. The molecule has 0 bridgehead atoms. The lowest BCUT2D eigenvalue weighted by atomic mass is 10.3. The lowest BCUT2D eigenvalue weighted by Gasteiger charge is -2.05. The van der Waals surface area contributed by atoms with Gasteiger partial charge in [-0.05, 0) is 42.5 Å². The summed E-state index contributed by atoms with van der Waals surface area (Å²) >= 11 is 4.91. The normalized spacial score (nSPS) is 10.4. The number of benzene rings is 1. The van der Waals surface area contributed by atoms with Gasteiger partial charge in [-0.15, -0.1) is 5.10 Å². The first-order chi connectivity index (χ1) is 11.7. The molecule has 3 rings (SSSR count). The molecule has 0 aliphatic rings. The summed E-state index contributed by atoms with van der Waals surface area (Å²) < 4.78 is 8.44. The first-order valence-electron chi connectivity index (χ1n) is 7.16. The Bertz CT molecular complexity index is 853. The highest BCUT2D eigenvalue weighted by molar-refractivity contribution is 7.80. The Morgan fingerprint density at radius 2 is 2.00 bits per heavy atom. The summed E-state index contributed by atoms with van der Waals surface area (Å²) in [5.74, 6) is 0. The van der Waals surface area contributed by atoms with Gasteiger partial charge < -0.3 is 14.6 Å². The second-order valence-electron chi connectivity index (χ2n) is 4.99. The molecule has 0 saturated carbocycles. The van der Waals surface area contributed by atoms with E-state index in [0.29, 0.717) is 17.3 Å². The lowest BCUT2D eigenvalue weighted by Crippen LogP contribution is -2.22. The smallest absolute Gasteiger partial charge is 0.256 e. The lowest BCUT2D eigenvalue weighted by molar-refractivity contribution is 0.112. The van der Waals surface area contributed by atoms with Crippen LogP contribution in [0.1, 0.15) is 16.1 Å². The third-order valence-corrected chi connectivity index (χ3v) is 3.72. The fourth-order valence-corrected chi connectivity index (χ4v) is 2.23. The molecule has 0 radical (unpaired) electrons. The van der Waals surface area contributed by atoms with Crippen LogP contribution in [-0.2, 0) is 11.3 Å². The van der Waals surface area contributed by atoms with Gasteiger partial charge in [0.25, 0.3) is 5.17 Å².